The highest BCUT2D eigenvalue weighted by molar-refractivity contribution is 7.26. The predicted octanol–water partition coefficient (Wildman–Crippen LogP) is 17.7. The van der Waals surface area contributed by atoms with Gasteiger partial charge in [0.1, 0.15) is 0 Å². The lowest BCUT2D eigenvalue weighted by atomic mass is 9.96. The number of benzene rings is 11. The van der Waals surface area contributed by atoms with Gasteiger partial charge in [-0.25, -0.2) is 0 Å². The quantitative estimate of drug-likeness (QED) is 0.155. The van der Waals surface area contributed by atoms with E-state index in [0.717, 1.165) is 11.4 Å². The molecular formula is C60H39NS. The fourth-order valence-electron chi connectivity index (χ4n) is 9.24. The Bertz CT molecular complexity index is 3620. The van der Waals surface area contributed by atoms with Gasteiger partial charge < -0.3 is 4.90 Å². The maximum atomic E-state index is 2.46. The van der Waals surface area contributed by atoms with Crippen LogP contribution in [0.15, 0.2) is 237 Å². The van der Waals surface area contributed by atoms with Crippen molar-refractivity contribution < 1.29 is 0 Å². The number of nitrogens with zero attached hydrogens (tertiary/aromatic N) is 1. The van der Waals surface area contributed by atoms with E-state index in [1.54, 1.807) is 0 Å². The van der Waals surface area contributed by atoms with Crippen molar-refractivity contribution in [3.63, 3.8) is 0 Å². The molecule has 62 heavy (non-hydrogen) atoms. The monoisotopic (exact) mass is 805 g/mol. The van der Waals surface area contributed by atoms with Crippen molar-refractivity contribution in [2.75, 3.05) is 4.90 Å². The molecule has 0 fully saturated rings. The molecule has 0 aliphatic carbocycles. The lowest BCUT2D eigenvalue weighted by molar-refractivity contribution is 1.30. The Labute approximate surface area is 365 Å². The average molecular weight is 806 g/mol. The Morgan fingerprint density at radius 1 is 0.274 bits per heavy atom. The molecule has 0 atom stereocenters. The van der Waals surface area contributed by atoms with Crippen LogP contribution in [0.1, 0.15) is 0 Å². The van der Waals surface area contributed by atoms with Crippen molar-refractivity contribution in [2.45, 2.75) is 0 Å². The van der Waals surface area contributed by atoms with E-state index in [9.17, 15) is 0 Å². The molecule has 0 radical (unpaired) electrons. The predicted molar refractivity (Wildman–Crippen MR) is 268 cm³/mol. The van der Waals surface area contributed by atoms with Gasteiger partial charge in [-0.1, -0.05) is 182 Å². The van der Waals surface area contributed by atoms with E-state index >= 15 is 0 Å². The molecule has 11 aromatic carbocycles. The summed E-state index contributed by atoms with van der Waals surface area (Å²) < 4.78 is 2.58. The van der Waals surface area contributed by atoms with Crippen molar-refractivity contribution in [1.29, 1.82) is 0 Å². The first-order valence-corrected chi connectivity index (χ1v) is 22.0. The van der Waals surface area contributed by atoms with E-state index in [4.69, 9.17) is 0 Å². The van der Waals surface area contributed by atoms with Crippen LogP contribution in [0, 0.1) is 0 Å². The second-order valence-electron chi connectivity index (χ2n) is 16.1. The zero-order valence-corrected chi connectivity index (χ0v) is 34.7. The molecular weight excluding hydrogens is 767 g/mol. The Morgan fingerprint density at radius 3 is 1.45 bits per heavy atom. The number of thiophene rings is 1. The van der Waals surface area contributed by atoms with Gasteiger partial charge in [-0.05, 0) is 131 Å². The molecule has 0 bridgehead atoms. The van der Waals surface area contributed by atoms with Crippen molar-refractivity contribution in [1.82, 2.24) is 0 Å². The smallest absolute Gasteiger partial charge is 0.0646 e. The van der Waals surface area contributed by atoms with Crippen molar-refractivity contribution >= 4 is 80.9 Å². The second kappa shape index (κ2) is 15.0. The van der Waals surface area contributed by atoms with Crippen LogP contribution in [-0.4, -0.2) is 0 Å². The van der Waals surface area contributed by atoms with Crippen LogP contribution >= 0.6 is 11.3 Å². The summed E-state index contributed by atoms with van der Waals surface area (Å²) in [5, 5.41) is 10.1. The Balaban J connectivity index is 0.957. The minimum atomic E-state index is 1.11. The minimum Gasteiger partial charge on any atom is -0.309 e. The first-order chi connectivity index (χ1) is 30.7. The fourth-order valence-corrected chi connectivity index (χ4v) is 10.5. The molecule has 1 aromatic heterocycles. The van der Waals surface area contributed by atoms with Crippen molar-refractivity contribution in [3.05, 3.63) is 237 Å². The van der Waals surface area contributed by atoms with Gasteiger partial charge in [-0.15, -0.1) is 11.3 Å². The molecule has 0 spiro atoms. The van der Waals surface area contributed by atoms with Crippen LogP contribution in [0.5, 0.6) is 0 Å². The van der Waals surface area contributed by atoms with Crippen molar-refractivity contribution in [3.8, 4) is 44.5 Å². The summed E-state index contributed by atoms with van der Waals surface area (Å²) in [7, 11) is 0. The highest BCUT2D eigenvalue weighted by atomic mass is 32.1. The number of rotatable bonds is 7. The number of hydrogen-bond acceptors (Lipinski definition) is 2. The van der Waals surface area contributed by atoms with E-state index in [2.05, 4.69) is 241 Å². The summed E-state index contributed by atoms with van der Waals surface area (Å²) in [6, 6.07) is 86.7. The van der Waals surface area contributed by atoms with Gasteiger partial charge in [0, 0.05) is 26.8 Å². The summed E-state index contributed by atoms with van der Waals surface area (Å²) in [5.74, 6) is 0. The second-order valence-corrected chi connectivity index (χ2v) is 17.2. The molecule has 0 N–H and O–H groups in total. The zero-order chi connectivity index (χ0) is 41.0. The van der Waals surface area contributed by atoms with Gasteiger partial charge in [-0.2, -0.15) is 0 Å². The summed E-state index contributed by atoms with van der Waals surface area (Å²) in [6.45, 7) is 0. The van der Waals surface area contributed by atoms with Gasteiger partial charge >= 0.3 is 0 Å². The third-order valence-corrected chi connectivity index (χ3v) is 13.6. The lowest BCUT2D eigenvalue weighted by Gasteiger charge is -2.27. The van der Waals surface area contributed by atoms with Gasteiger partial charge in [-0.3, -0.25) is 0 Å². The molecule has 290 valence electrons. The molecule has 0 saturated carbocycles. The Hall–Kier alpha value is -7.78. The molecule has 1 nitrogen and oxygen atoms in total. The number of anilines is 3. The first-order valence-electron chi connectivity index (χ1n) is 21.2. The van der Waals surface area contributed by atoms with Crippen LogP contribution in [0.4, 0.5) is 17.1 Å². The summed E-state index contributed by atoms with van der Waals surface area (Å²) >= 11 is 1.88. The van der Waals surface area contributed by atoms with Gasteiger partial charge in [0.15, 0.2) is 0 Å². The van der Waals surface area contributed by atoms with Crippen LogP contribution in [0.3, 0.4) is 0 Å². The van der Waals surface area contributed by atoms with Crippen LogP contribution < -0.4 is 4.90 Å². The standard InChI is InChI=1S/C60H39NS/c1-2-11-40(12-3-1)42-21-23-43(24-22-42)46-16-10-17-54(38-46)61(57-39-52-15-6-7-18-55(52)59-56-19-8-9-20-58(56)62-60(57)59)53-33-31-44(32-34-53)47-27-28-50-37-51(30-29-49(50)36-47)48-26-25-41-13-4-5-14-45(41)35-48/h1-39H. The number of hydrogen-bond donors (Lipinski definition) is 0. The zero-order valence-electron chi connectivity index (χ0n) is 33.9. The van der Waals surface area contributed by atoms with E-state index in [-0.39, 0.29) is 0 Å². The molecule has 0 amide bonds. The Kier molecular flexibility index (Phi) is 8.76. The van der Waals surface area contributed by atoms with E-state index < -0.39 is 0 Å². The Morgan fingerprint density at radius 2 is 0.742 bits per heavy atom. The third-order valence-electron chi connectivity index (χ3n) is 12.4. The van der Waals surface area contributed by atoms with Crippen LogP contribution in [0.2, 0.25) is 0 Å². The highest BCUT2D eigenvalue weighted by Crippen LogP contribution is 2.48. The minimum absolute atomic E-state index is 1.11. The maximum Gasteiger partial charge on any atom is 0.0646 e. The summed E-state index contributed by atoms with van der Waals surface area (Å²) in [4.78, 5) is 2.46. The summed E-state index contributed by atoms with van der Waals surface area (Å²) in [5.41, 5.74) is 13.1. The SMILES string of the molecule is c1ccc(-c2ccc(-c3cccc(N(c4ccc(-c5ccc6cc(-c7ccc8ccccc8c7)ccc6c5)cc4)c4cc5ccccc5c5c4sc4ccccc45)c3)cc2)cc1. The molecule has 0 aliphatic rings. The molecule has 2 heteroatoms. The molecule has 12 aromatic rings. The van der Waals surface area contributed by atoms with E-state index in [0.29, 0.717) is 0 Å². The molecule has 12 rings (SSSR count). The largest absolute Gasteiger partial charge is 0.309 e. The lowest BCUT2D eigenvalue weighted by Crippen LogP contribution is -2.10. The molecule has 0 unspecified atom stereocenters. The molecule has 0 aliphatic heterocycles. The van der Waals surface area contributed by atoms with Crippen LogP contribution in [0.25, 0.3) is 97.0 Å². The van der Waals surface area contributed by atoms with E-state index in [1.165, 1.54) is 103 Å². The topological polar surface area (TPSA) is 3.24 Å². The summed E-state index contributed by atoms with van der Waals surface area (Å²) in [6.07, 6.45) is 0. The van der Waals surface area contributed by atoms with E-state index in [1.807, 2.05) is 11.3 Å². The van der Waals surface area contributed by atoms with Gasteiger partial charge in [0.25, 0.3) is 0 Å². The van der Waals surface area contributed by atoms with Gasteiger partial charge in [0.05, 0.1) is 10.4 Å². The highest BCUT2D eigenvalue weighted by Gasteiger charge is 2.21. The first kappa shape index (κ1) is 36.1. The molecule has 0 saturated heterocycles. The molecule has 1 heterocycles. The normalized spacial score (nSPS) is 11.5. The van der Waals surface area contributed by atoms with Gasteiger partial charge in [0.2, 0.25) is 0 Å². The fraction of sp³-hybridized carbons (Fsp3) is 0. The third kappa shape index (κ3) is 6.41. The van der Waals surface area contributed by atoms with Crippen molar-refractivity contribution in [2.24, 2.45) is 0 Å². The van der Waals surface area contributed by atoms with Crippen LogP contribution in [-0.2, 0) is 0 Å². The maximum absolute atomic E-state index is 2.46. The number of fused-ring (bicyclic) bond motifs is 7. The average Bonchev–Trinajstić information content (AvgIpc) is 3.75.